The quantitative estimate of drug-likeness (QED) is 0.812. The van der Waals surface area contributed by atoms with Gasteiger partial charge in [-0.25, -0.2) is 26.7 Å². The van der Waals surface area contributed by atoms with Crippen LogP contribution >= 0.6 is 0 Å². The Balaban J connectivity index is 3.22. The number of hydrogen-bond acceptors (Lipinski definition) is 2. The lowest BCUT2D eigenvalue weighted by atomic mass is 10.2. The summed E-state index contributed by atoms with van der Waals surface area (Å²) in [5.74, 6) is -4.64. The summed E-state index contributed by atoms with van der Waals surface area (Å²) in [6, 6.07) is 0.785. The van der Waals surface area contributed by atoms with Crippen LogP contribution in [0.25, 0.3) is 0 Å². The Morgan fingerprint density at radius 2 is 1.57 bits per heavy atom. The van der Waals surface area contributed by atoms with Crippen molar-refractivity contribution in [2.75, 3.05) is 0 Å². The van der Waals surface area contributed by atoms with Crippen LogP contribution in [0.5, 0.6) is 0 Å². The van der Waals surface area contributed by atoms with E-state index in [1.54, 1.807) is 0 Å². The molecule has 1 rings (SSSR count). The van der Waals surface area contributed by atoms with Gasteiger partial charge in [0.2, 0.25) is 10.0 Å². The van der Waals surface area contributed by atoms with Gasteiger partial charge >= 0.3 is 0 Å². The Morgan fingerprint density at radius 1 is 1.14 bits per heavy atom. The van der Waals surface area contributed by atoms with Crippen molar-refractivity contribution in [2.24, 2.45) is 5.14 Å². The smallest absolute Gasteiger partial charge is 0.213 e. The summed E-state index contributed by atoms with van der Waals surface area (Å²) < 4.78 is 59.1. The molecule has 2 N–H and O–H groups in total. The number of rotatable bonds is 2. The highest BCUT2D eigenvalue weighted by Gasteiger charge is 2.16. The second-order valence-electron chi connectivity index (χ2n) is 2.66. The maximum atomic E-state index is 12.8. The van der Waals surface area contributed by atoms with Crippen molar-refractivity contribution in [1.29, 1.82) is 0 Å². The molecule has 1 aromatic carbocycles. The first-order chi connectivity index (χ1) is 6.29. The van der Waals surface area contributed by atoms with Crippen molar-refractivity contribution in [3.05, 3.63) is 35.1 Å². The number of hydrogen-bond donors (Lipinski definition) is 1. The van der Waals surface area contributed by atoms with E-state index < -0.39 is 38.8 Å². The summed E-state index contributed by atoms with van der Waals surface area (Å²) in [5, 5.41) is 4.59. The minimum absolute atomic E-state index is 0.392. The molecule has 0 atom stereocenters. The van der Waals surface area contributed by atoms with Gasteiger partial charge in [-0.2, -0.15) is 0 Å². The van der Waals surface area contributed by atoms with Gasteiger partial charge in [-0.1, -0.05) is 0 Å². The standard InChI is InChI=1S/C7H6F3NO2S/c8-4-1-6(9)5(7(10)2-4)3-14(11,12)13/h1-2H,3H2,(H2,11,12,13). The Morgan fingerprint density at radius 3 is 1.93 bits per heavy atom. The first-order valence-electron chi connectivity index (χ1n) is 3.43. The molecule has 3 nitrogen and oxygen atoms in total. The zero-order valence-corrected chi connectivity index (χ0v) is 7.61. The average molecular weight is 225 g/mol. The zero-order chi connectivity index (χ0) is 10.9. The molecule has 0 radical (unpaired) electrons. The lowest BCUT2D eigenvalue weighted by Gasteiger charge is -2.03. The largest absolute Gasteiger partial charge is 0.228 e. The predicted molar refractivity (Wildman–Crippen MR) is 43.1 cm³/mol. The molecular formula is C7H6F3NO2S. The van der Waals surface area contributed by atoms with Crippen molar-refractivity contribution < 1.29 is 21.6 Å². The van der Waals surface area contributed by atoms with Gasteiger partial charge in [-0.15, -0.1) is 0 Å². The van der Waals surface area contributed by atoms with E-state index in [4.69, 9.17) is 0 Å². The summed E-state index contributed by atoms with van der Waals surface area (Å²) in [6.07, 6.45) is 0. The van der Waals surface area contributed by atoms with Crippen molar-refractivity contribution in [3.63, 3.8) is 0 Å². The number of halogens is 3. The molecule has 14 heavy (non-hydrogen) atoms. The van der Waals surface area contributed by atoms with E-state index in [2.05, 4.69) is 5.14 Å². The van der Waals surface area contributed by atoms with Crippen LogP contribution in [0.3, 0.4) is 0 Å². The van der Waals surface area contributed by atoms with E-state index >= 15 is 0 Å². The first kappa shape index (κ1) is 11.0. The maximum Gasteiger partial charge on any atom is 0.213 e. The highest BCUT2D eigenvalue weighted by Crippen LogP contribution is 2.16. The van der Waals surface area contributed by atoms with Crippen LogP contribution in [-0.4, -0.2) is 8.42 Å². The fourth-order valence-electron chi connectivity index (χ4n) is 0.911. The van der Waals surface area contributed by atoms with Gasteiger partial charge in [0, 0.05) is 17.7 Å². The minimum atomic E-state index is -4.04. The molecule has 0 saturated heterocycles. The molecule has 7 heteroatoms. The van der Waals surface area contributed by atoms with Crippen LogP contribution in [-0.2, 0) is 15.8 Å². The normalized spacial score (nSPS) is 11.7. The molecule has 0 spiro atoms. The van der Waals surface area contributed by atoms with Crippen LogP contribution in [0.1, 0.15) is 5.56 Å². The summed E-state index contributed by atoms with van der Waals surface area (Å²) in [7, 11) is -4.04. The third kappa shape index (κ3) is 2.71. The van der Waals surface area contributed by atoms with Gasteiger partial charge in [0.15, 0.2) is 0 Å². The molecular weight excluding hydrogens is 219 g/mol. The Hall–Kier alpha value is -1.08. The van der Waals surface area contributed by atoms with Gasteiger partial charge in [-0.05, 0) is 0 Å². The summed E-state index contributed by atoms with van der Waals surface area (Å²) in [5.41, 5.74) is -0.756. The lowest BCUT2D eigenvalue weighted by molar-refractivity contribution is 0.526. The Kier molecular flexibility index (Phi) is 2.81. The van der Waals surface area contributed by atoms with E-state index in [0.717, 1.165) is 0 Å². The zero-order valence-electron chi connectivity index (χ0n) is 6.80. The molecule has 0 aromatic heterocycles. The number of benzene rings is 1. The second-order valence-corrected chi connectivity index (χ2v) is 4.27. The van der Waals surface area contributed by atoms with Crippen molar-refractivity contribution in [1.82, 2.24) is 0 Å². The molecule has 0 heterocycles. The van der Waals surface area contributed by atoms with Crippen LogP contribution in [0.4, 0.5) is 13.2 Å². The first-order valence-corrected chi connectivity index (χ1v) is 5.15. The van der Waals surface area contributed by atoms with Gasteiger partial charge in [0.1, 0.15) is 17.5 Å². The SMILES string of the molecule is NS(=O)(=O)Cc1c(F)cc(F)cc1F. The summed E-state index contributed by atoms with van der Waals surface area (Å²) in [6.45, 7) is 0. The van der Waals surface area contributed by atoms with Crippen molar-refractivity contribution >= 4 is 10.0 Å². The molecule has 1 aromatic rings. The third-order valence-corrected chi connectivity index (χ3v) is 2.14. The predicted octanol–water partition coefficient (Wildman–Crippen LogP) is 0.892. The Bertz CT molecular complexity index is 435. The molecule has 0 bridgehead atoms. The van der Waals surface area contributed by atoms with E-state index in [9.17, 15) is 21.6 Å². The highest BCUT2D eigenvalue weighted by atomic mass is 32.2. The average Bonchev–Trinajstić information content (AvgIpc) is 1.95. The lowest BCUT2D eigenvalue weighted by Crippen LogP contribution is -2.16. The Labute approximate surface area is 78.4 Å². The summed E-state index contributed by atoms with van der Waals surface area (Å²) >= 11 is 0. The molecule has 0 fully saturated rings. The van der Waals surface area contributed by atoms with Gasteiger partial charge in [0.05, 0.1) is 5.75 Å². The number of primary sulfonamides is 1. The van der Waals surface area contributed by atoms with Crippen LogP contribution in [0, 0.1) is 17.5 Å². The molecule has 78 valence electrons. The van der Waals surface area contributed by atoms with Crippen LogP contribution in [0.2, 0.25) is 0 Å². The van der Waals surface area contributed by atoms with Gasteiger partial charge < -0.3 is 0 Å². The van der Waals surface area contributed by atoms with Crippen LogP contribution < -0.4 is 5.14 Å². The number of sulfonamides is 1. The van der Waals surface area contributed by atoms with Gasteiger partial charge in [0.25, 0.3) is 0 Å². The van der Waals surface area contributed by atoms with Crippen molar-refractivity contribution in [3.8, 4) is 0 Å². The fraction of sp³-hybridized carbons (Fsp3) is 0.143. The molecule has 0 aliphatic heterocycles. The minimum Gasteiger partial charge on any atom is -0.228 e. The molecule has 0 saturated carbocycles. The maximum absolute atomic E-state index is 12.8. The topological polar surface area (TPSA) is 60.2 Å². The van der Waals surface area contributed by atoms with Gasteiger partial charge in [-0.3, -0.25) is 0 Å². The monoisotopic (exact) mass is 225 g/mol. The van der Waals surface area contributed by atoms with E-state index in [-0.39, 0.29) is 0 Å². The highest BCUT2D eigenvalue weighted by molar-refractivity contribution is 7.88. The fourth-order valence-corrected chi connectivity index (χ4v) is 1.59. The third-order valence-electron chi connectivity index (χ3n) is 1.45. The van der Waals surface area contributed by atoms with E-state index in [1.807, 2.05) is 0 Å². The van der Waals surface area contributed by atoms with E-state index in [1.165, 1.54) is 0 Å². The second kappa shape index (κ2) is 3.58. The number of nitrogens with two attached hydrogens (primary N) is 1. The molecule has 0 unspecified atom stereocenters. The molecule has 0 aliphatic carbocycles. The van der Waals surface area contributed by atoms with Crippen LogP contribution in [0.15, 0.2) is 12.1 Å². The van der Waals surface area contributed by atoms with E-state index in [0.29, 0.717) is 12.1 Å². The summed E-state index contributed by atoms with van der Waals surface area (Å²) in [4.78, 5) is 0. The molecule has 0 amide bonds. The van der Waals surface area contributed by atoms with Crippen molar-refractivity contribution in [2.45, 2.75) is 5.75 Å². The molecule has 0 aliphatic rings.